The molecule has 0 aliphatic heterocycles. The number of carboxylic acids is 1. The van der Waals surface area contributed by atoms with Crippen LogP contribution in [0, 0.1) is 0 Å². The molecule has 0 aromatic heterocycles. The molecule has 0 unspecified atom stereocenters. The minimum absolute atomic E-state index is 0.730. The molecule has 0 fully saturated rings. The SMILES string of the molecule is CC(=C(F)C(=O)O)C(F)F. The Kier molecular flexibility index (Phi) is 2.92. The Labute approximate surface area is 55.0 Å². The third-order valence-corrected chi connectivity index (χ3v) is 0.861. The highest BCUT2D eigenvalue weighted by atomic mass is 19.3. The maximum Gasteiger partial charge on any atom is 0.364 e. The van der Waals surface area contributed by atoms with E-state index in [1.54, 1.807) is 0 Å². The van der Waals surface area contributed by atoms with Gasteiger partial charge in [0.2, 0.25) is 5.83 Å². The molecule has 0 saturated carbocycles. The van der Waals surface area contributed by atoms with Gasteiger partial charge in [-0.3, -0.25) is 0 Å². The molecule has 2 nitrogen and oxygen atoms in total. The van der Waals surface area contributed by atoms with Crippen LogP contribution in [0.1, 0.15) is 6.92 Å². The van der Waals surface area contributed by atoms with Gasteiger partial charge in [-0.15, -0.1) is 0 Å². The third-order valence-electron chi connectivity index (χ3n) is 0.861. The highest BCUT2D eigenvalue weighted by molar-refractivity contribution is 5.84. The van der Waals surface area contributed by atoms with Crippen LogP contribution < -0.4 is 0 Å². The van der Waals surface area contributed by atoms with Crippen LogP contribution in [-0.4, -0.2) is 17.5 Å². The first-order chi connectivity index (χ1) is 4.46. The molecule has 1 N–H and O–H groups in total. The summed E-state index contributed by atoms with van der Waals surface area (Å²) in [6.45, 7) is 0.730. The van der Waals surface area contributed by atoms with Crippen molar-refractivity contribution in [2.75, 3.05) is 0 Å². The molecule has 0 aliphatic rings. The van der Waals surface area contributed by atoms with E-state index < -0.39 is 23.8 Å². The van der Waals surface area contributed by atoms with Crippen molar-refractivity contribution in [2.45, 2.75) is 13.3 Å². The zero-order chi connectivity index (χ0) is 8.31. The largest absolute Gasteiger partial charge is 0.476 e. The van der Waals surface area contributed by atoms with Crippen LogP contribution in [0.2, 0.25) is 0 Å². The van der Waals surface area contributed by atoms with Gasteiger partial charge < -0.3 is 5.11 Å². The summed E-state index contributed by atoms with van der Waals surface area (Å²) in [4.78, 5) is 9.68. The van der Waals surface area contributed by atoms with Crippen LogP contribution in [-0.2, 0) is 4.79 Å². The van der Waals surface area contributed by atoms with Gasteiger partial charge in [-0.05, 0) is 6.92 Å². The Hall–Kier alpha value is -1.00. The number of hydrogen-bond donors (Lipinski definition) is 1. The number of alkyl halides is 2. The van der Waals surface area contributed by atoms with Crippen molar-refractivity contribution < 1.29 is 23.1 Å². The van der Waals surface area contributed by atoms with Crippen LogP contribution in [0.4, 0.5) is 13.2 Å². The number of aliphatic carboxylic acids is 1. The summed E-state index contributed by atoms with van der Waals surface area (Å²) in [6, 6.07) is 0. The Morgan fingerprint density at radius 2 is 1.90 bits per heavy atom. The Morgan fingerprint density at radius 1 is 1.50 bits per heavy atom. The summed E-state index contributed by atoms with van der Waals surface area (Å²) >= 11 is 0. The second kappa shape index (κ2) is 3.24. The second-order valence-electron chi connectivity index (χ2n) is 1.60. The van der Waals surface area contributed by atoms with Gasteiger partial charge in [-0.25, -0.2) is 13.6 Å². The van der Waals surface area contributed by atoms with Gasteiger partial charge in [0.1, 0.15) is 0 Å². The van der Waals surface area contributed by atoms with Gasteiger partial charge in [0.05, 0.1) is 0 Å². The lowest BCUT2D eigenvalue weighted by atomic mass is 10.3. The van der Waals surface area contributed by atoms with E-state index in [4.69, 9.17) is 5.11 Å². The van der Waals surface area contributed by atoms with Crippen molar-refractivity contribution in [1.29, 1.82) is 0 Å². The smallest absolute Gasteiger partial charge is 0.364 e. The normalized spacial score (nSPS) is 13.3. The predicted molar refractivity (Wildman–Crippen MR) is 27.4 cm³/mol. The number of rotatable bonds is 2. The van der Waals surface area contributed by atoms with Crippen LogP contribution in [0.5, 0.6) is 0 Å². The van der Waals surface area contributed by atoms with Crippen LogP contribution in [0.3, 0.4) is 0 Å². The zero-order valence-corrected chi connectivity index (χ0v) is 5.07. The van der Waals surface area contributed by atoms with E-state index in [1.165, 1.54) is 0 Å². The van der Waals surface area contributed by atoms with Gasteiger partial charge >= 0.3 is 5.97 Å². The van der Waals surface area contributed by atoms with Gasteiger partial charge in [0.15, 0.2) is 0 Å². The van der Waals surface area contributed by atoms with Crippen molar-refractivity contribution in [1.82, 2.24) is 0 Å². The Bertz CT molecular complexity index is 174. The first-order valence-corrected chi connectivity index (χ1v) is 2.34. The number of hydrogen-bond acceptors (Lipinski definition) is 1. The van der Waals surface area contributed by atoms with E-state index in [0.717, 1.165) is 6.92 Å². The zero-order valence-electron chi connectivity index (χ0n) is 5.07. The monoisotopic (exact) mass is 154 g/mol. The van der Waals surface area contributed by atoms with Crippen LogP contribution in [0.15, 0.2) is 11.4 Å². The van der Waals surface area contributed by atoms with E-state index in [2.05, 4.69) is 0 Å². The Morgan fingerprint density at radius 3 is 2.00 bits per heavy atom. The quantitative estimate of drug-likeness (QED) is 0.613. The van der Waals surface area contributed by atoms with E-state index in [0.29, 0.717) is 0 Å². The molecule has 0 rings (SSSR count). The fourth-order valence-electron chi connectivity index (χ4n) is 0.264. The predicted octanol–water partition coefficient (Wildman–Crippen LogP) is 1.58. The summed E-state index contributed by atoms with van der Waals surface area (Å²) in [5.74, 6) is -3.74. The van der Waals surface area contributed by atoms with Crippen molar-refractivity contribution in [3.05, 3.63) is 11.4 Å². The lowest BCUT2D eigenvalue weighted by molar-refractivity contribution is -0.134. The molecule has 0 radical (unpaired) electrons. The highest BCUT2D eigenvalue weighted by Gasteiger charge is 2.16. The van der Waals surface area contributed by atoms with E-state index in [1.807, 2.05) is 0 Å². The highest BCUT2D eigenvalue weighted by Crippen LogP contribution is 2.13. The average molecular weight is 154 g/mol. The molecule has 0 spiro atoms. The summed E-state index contributed by atoms with van der Waals surface area (Å²) in [5, 5.41) is 7.84. The molecule has 10 heavy (non-hydrogen) atoms. The molecular weight excluding hydrogens is 149 g/mol. The van der Waals surface area contributed by atoms with E-state index in [-0.39, 0.29) is 0 Å². The summed E-state index contributed by atoms with van der Waals surface area (Å²) < 4.78 is 34.9. The molecule has 0 aromatic carbocycles. The molecule has 0 heterocycles. The fraction of sp³-hybridized carbons (Fsp3) is 0.400. The molecule has 0 aliphatic carbocycles. The van der Waals surface area contributed by atoms with Gasteiger partial charge in [0, 0.05) is 5.57 Å². The molecule has 0 aromatic rings. The molecule has 0 atom stereocenters. The lowest BCUT2D eigenvalue weighted by Gasteiger charge is -1.96. The summed E-state index contributed by atoms with van der Waals surface area (Å²) in [5.41, 5.74) is -1.05. The van der Waals surface area contributed by atoms with Crippen molar-refractivity contribution in [2.24, 2.45) is 0 Å². The van der Waals surface area contributed by atoms with Crippen molar-refractivity contribution >= 4 is 5.97 Å². The first kappa shape index (κ1) is 9.00. The number of carboxylic acid groups (broad SMARTS) is 1. The molecule has 0 bridgehead atoms. The fourth-order valence-corrected chi connectivity index (χ4v) is 0.264. The molecule has 5 heteroatoms. The number of allylic oxidation sites excluding steroid dienone is 1. The minimum Gasteiger partial charge on any atom is -0.476 e. The Balaban J connectivity index is 4.50. The number of halogens is 3. The topological polar surface area (TPSA) is 37.3 Å². The lowest BCUT2D eigenvalue weighted by Crippen LogP contribution is -2.03. The third kappa shape index (κ3) is 2.08. The minimum atomic E-state index is -3.05. The van der Waals surface area contributed by atoms with Gasteiger partial charge in [-0.2, -0.15) is 4.39 Å². The molecule has 0 saturated heterocycles. The maximum atomic E-state index is 12.0. The van der Waals surface area contributed by atoms with Gasteiger partial charge in [0.25, 0.3) is 6.43 Å². The van der Waals surface area contributed by atoms with Crippen LogP contribution in [0.25, 0.3) is 0 Å². The standard InChI is InChI=1S/C5H5F3O2/c1-2(4(7)8)3(6)5(9)10/h4H,1H3,(H,9,10). The van der Waals surface area contributed by atoms with Crippen molar-refractivity contribution in [3.63, 3.8) is 0 Å². The molecular formula is C5H5F3O2. The van der Waals surface area contributed by atoms with Crippen LogP contribution >= 0.6 is 0 Å². The van der Waals surface area contributed by atoms with Crippen molar-refractivity contribution in [3.8, 4) is 0 Å². The van der Waals surface area contributed by atoms with E-state index in [9.17, 15) is 18.0 Å². The summed E-state index contributed by atoms with van der Waals surface area (Å²) in [7, 11) is 0. The molecule has 58 valence electrons. The van der Waals surface area contributed by atoms with Gasteiger partial charge in [-0.1, -0.05) is 0 Å². The number of carbonyl (C=O) groups is 1. The maximum absolute atomic E-state index is 12.0. The first-order valence-electron chi connectivity index (χ1n) is 2.34. The average Bonchev–Trinajstić information content (AvgIpc) is 1.84. The van der Waals surface area contributed by atoms with E-state index >= 15 is 0 Å². The second-order valence-corrected chi connectivity index (χ2v) is 1.60. The molecule has 0 amide bonds. The summed E-state index contributed by atoms with van der Waals surface area (Å²) in [6.07, 6.45) is -3.05.